The second-order valence-electron chi connectivity index (χ2n) is 18.6. The van der Waals surface area contributed by atoms with Crippen molar-refractivity contribution in [2.24, 2.45) is 0 Å². The van der Waals surface area contributed by atoms with Crippen molar-refractivity contribution < 1.29 is 0 Å². The van der Waals surface area contributed by atoms with Crippen LogP contribution in [-0.4, -0.2) is 0 Å². The summed E-state index contributed by atoms with van der Waals surface area (Å²) in [5.74, 6) is 0. The first-order valence-electron chi connectivity index (χ1n) is 23.3. The minimum atomic E-state index is -0.120. The average Bonchev–Trinajstić information content (AvgIpc) is 3.94. The molecule has 0 N–H and O–H groups in total. The molecule has 10 aromatic carbocycles. The van der Waals surface area contributed by atoms with Gasteiger partial charge in [-0.1, -0.05) is 159 Å². The molecule has 0 bridgehead atoms. The maximum Gasteiger partial charge on any atom is 0.0505 e. The smallest absolute Gasteiger partial charge is 0.0505 e. The van der Waals surface area contributed by atoms with Crippen LogP contribution in [0.1, 0.15) is 31.4 Å². The van der Waals surface area contributed by atoms with Gasteiger partial charge in [0.25, 0.3) is 0 Å². The Kier molecular flexibility index (Phi) is 9.42. The standard InChI is InChI=1S/C63H46N2S2/c1-63(2)36-35-54-55(64(46-21-13-19-44(37-46)41-15-5-3-6-16-41)48-29-31-52-50-23-9-11-25-57(50)66-59(52)39-48)33-27-43-28-34-56(62(63)61(43)54)65(47-22-14-20-45(38-47)42-17-7-4-8-18-42)49-30-32-53-51-24-10-12-26-58(51)67-60(53)40-49/h3-34,37-40H,35-36H2,1-2H3. The van der Waals surface area contributed by atoms with Crippen LogP contribution in [0.4, 0.5) is 34.1 Å². The molecule has 1 aliphatic carbocycles. The SMILES string of the molecule is CC1(C)CCc2c(N(c3cccc(-c4ccccc4)c3)c3ccc4c(c3)sc3ccccc34)ccc3ccc(N(c4cccc(-c5ccccc5)c4)c4ccc5c(c4)sc4ccccc45)c1c23. The third-order valence-electron chi connectivity index (χ3n) is 14.1. The largest absolute Gasteiger partial charge is 0.310 e. The third-order valence-corrected chi connectivity index (χ3v) is 16.3. The molecule has 2 nitrogen and oxygen atoms in total. The molecule has 67 heavy (non-hydrogen) atoms. The van der Waals surface area contributed by atoms with Gasteiger partial charge in [-0.15, -0.1) is 22.7 Å². The number of nitrogens with zero attached hydrogens (tertiary/aromatic N) is 2. The Bertz CT molecular complexity index is 3860. The zero-order valence-corrected chi connectivity index (χ0v) is 39.0. The number of hydrogen-bond acceptors (Lipinski definition) is 4. The molecule has 0 aliphatic heterocycles. The van der Waals surface area contributed by atoms with Crippen molar-refractivity contribution in [3.8, 4) is 22.3 Å². The van der Waals surface area contributed by atoms with Crippen LogP contribution in [0.15, 0.2) is 218 Å². The zero-order chi connectivity index (χ0) is 44.6. The van der Waals surface area contributed by atoms with Crippen LogP contribution in [0.2, 0.25) is 0 Å². The van der Waals surface area contributed by atoms with Gasteiger partial charge in [-0.2, -0.15) is 0 Å². The molecule has 0 spiro atoms. The summed E-state index contributed by atoms with van der Waals surface area (Å²) < 4.78 is 5.23. The summed E-state index contributed by atoms with van der Waals surface area (Å²) >= 11 is 3.76. The predicted octanol–water partition coefficient (Wildman–Crippen LogP) is 19.1. The predicted molar refractivity (Wildman–Crippen MR) is 291 cm³/mol. The Balaban J connectivity index is 1.06. The van der Waals surface area contributed by atoms with E-state index in [1.807, 2.05) is 22.7 Å². The lowest BCUT2D eigenvalue weighted by molar-refractivity contribution is 0.475. The number of benzene rings is 10. The van der Waals surface area contributed by atoms with Crippen molar-refractivity contribution >= 4 is 108 Å². The fourth-order valence-electron chi connectivity index (χ4n) is 10.8. The molecule has 320 valence electrons. The van der Waals surface area contributed by atoms with E-state index in [2.05, 4.69) is 242 Å². The zero-order valence-electron chi connectivity index (χ0n) is 37.4. The number of thiophene rings is 2. The van der Waals surface area contributed by atoms with Gasteiger partial charge in [-0.05, 0) is 135 Å². The highest BCUT2D eigenvalue weighted by Gasteiger charge is 2.35. The number of anilines is 6. The van der Waals surface area contributed by atoms with E-state index in [4.69, 9.17) is 0 Å². The summed E-state index contributed by atoms with van der Waals surface area (Å²) in [4.78, 5) is 5.08. The van der Waals surface area contributed by atoms with E-state index in [9.17, 15) is 0 Å². The topological polar surface area (TPSA) is 6.48 Å². The number of rotatable bonds is 8. The Morgan fingerprint density at radius 3 is 1.37 bits per heavy atom. The molecular formula is C63H46N2S2. The van der Waals surface area contributed by atoms with Crippen LogP contribution in [0.5, 0.6) is 0 Å². The summed E-state index contributed by atoms with van der Waals surface area (Å²) in [5.41, 5.74) is 14.6. The first kappa shape index (κ1) is 39.8. The fraction of sp³-hybridized carbons (Fsp3) is 0.0794. The molecule has 2 aromatic heterocycles. The van der Waals surface area contributed by atoms with Gasteiger partial charge in [0.15, 0.2) is 0 Å². The van der Waals surface area contributed by atoms with E-state index in [1.54, 1.807) is 0 Å². The monoisotopic (exact) mass is 894 g/mol. The van der Waals surface area contributed by atoms with E-state index in [1.165, 1.54) is 102 Å². The summed E-state index contributed by atoms with van der Waals surface area (Å²) in [7, 11) is 0. The van der Waals surface area contributed by atoms with Crippen molar-refractivity contribution in [3.63, 3.8) is 0 Å². The molecule has 2 heterocycles. The Morgan fingerprint density at radius 2 is 0.821 bits per heavy atom. The van der Waals surface area contributed by atoms with E-state index >= 15 is 0 Å². The molecule has 0 saturated carbocycles. The lowest BCUT2D eigenvalue weighted by Crippen LogP contribution is -2.27. The number of aryl methyl sites for hydroxylation is 1. The van der Waals surface area contributed by atoms with Crippen LogP contribution in [0, 0.1) is 0 Å². The first-order valence-corrected chi connectivity index (χ1v) is 24.9. The van der Waals surface area contributed by atoms with Crippen LogP contribution >= 0.6 is 22.7 Å². The van der Waals surface area contributed by atoms with Crippen LogP contribution in [0.3, 0.4) is 0 Å². The fourth-order valence-corrected chi connectivity index (χ4v) is 13.1. The minimum absolute atomic E-state index is 0.120. The Morgan fingerprint density at radius 1 is 0.373 bits per heavy atom. The van der Waals surface area contributed by atoms with Crippen molar-refractivity contribution in [2.75, 3.05) is 9.80 Å². The van der Waals surface area contributed by atoms with Crippen molar-refractivity contribution in [1.29, 1.82) is 0 Å². The lowest BCUT2D eigenvalue weighted by atomic mass is 9.70. The Labute approximate surface area is 399 Å². The highest BCUT2D eigenvalue weighted by molar-refractivity contribution is 7.26. The highest BCUT2D eigenvalue weighted by atomic mass is 32.1. The third kappa shape index (κ3) is 6.74. The molecule has 0 amide bonds. The molecule has 0 radical (unpaired) electrons. The maximum absolute atomic E-state index is 2.55. The van der Waals surface area contributed by atoms with Gasteiger partial charge in [0.2, 0.25) is 0 Å². The van der Waals surface area contributed by atoms with Gasteiger partial charge in [-0.3, -0.25) is 0 Å². The Hall–Kier alpha value is -7.50. The normalized spacial score (nSPS) is 13.2. The van der Waals surface area contributed by atoms with Gasteiger partial charge in [0.05, 0.1) is 5.69 Å². The molecule has 1 aliphatic rings. The molecule has 0 fully saturated rings. The van der Waals surface area contributed by atoms with E-state index in [0.717, 1.165) is 29.9 Å². The van der Waals surface area contributed by atoms with Gasteiger partial charge in [0.1, 0.15) is 0 Å². The average molecular weight is 895 g/mol. The molecular weight excluding hydrogens is 849 g/mol. The molecule has 12 aromatic rings. The molecule has 0 unspecified atom stereocenters. The quantitative estimate of drug-likeness (QED) is 0.150. The first-order chi connectivity index (χ1) is 32.9. The van der Waals surface area contributed by atoms with E-state index in [0.29, 0.717) is 0 Å². The molecule has 0 saturated heterocycles. The van der Waals surface area contributed by atoms with Crippen molar-refractivity contribution in [1.82, 2.24) is 0 Å². The lowest BCUT2D eigenvalue weighted by Gasteiger charge is -2.40. The second kappa shape index (κ2) is 15.8. The number of fused-ring (bicyclic) bond motifs is 6. The van der Waals surface area contributed by atoms with Crippen molar-refractivity contribution in [3.05, 3.63) is 230 Å². The van der Waals surface area contributed by atoms with E-state index in [-0.39, 0.29) is 5.41 Å². The van der Waals surface area contributed by atoms with Crippen LogP contribution in [0.25, 0.3) is 73.4 Å². The van der Waals surface area contributed by atoms with Gasteiger partial charge in [-0.25, -0.2) is 0 Å². The van der Waals surface area contributed by atoms with E-state index < -0.39 is 0 Å². The summed E-state index contributed by atoms with van der Waals surface area (Å²) in [6, 6.07) is 81.1. The van der Waals surface area contributed by atoms with Gasteiger partial charge >= 0.3 is 0 Å². The summed E-state index contributed by atoms with van der Waals surface area (Å²) in [6.45, 7) is 4.93. The minimum Gasteiger partial charge on any atom is -0.310 e. The van der Waals surface area contributed by atoms with Gasteiger partial charge in [0, 0.05) is 68.8 Å². The van der Waals surface area contributed by atoms with Crippen molar-refractivity contribution in [2.45, 2.75) is 32.1 Å². The maximum atomic E-state index is 2.55. The molecule has 4 heteroatoms. The van der Waals surface area contributed by atoms with Crippen LogP contribution < -0.4 is 9.80 Å². The van der Waals surface area contributed by atoms with Crippen LogP contribution in [-0.2, 0) is 11.8 Å². The number of hydrogen-bond donors (Lipinski definition) is 0. The highest BCUT2D eigenvalue weighted by Crippen LogP contribution is 2.53. The summed E-state index contributed by atoms with van der Waals surface area (Å²) in [6.07, 6.45) is 1.98. The second-order valence-corrected chi connectivity index (χ2v) is 20.7. The molecule has 13 rings (SSSR count). The summed E-state index contributed by atoms with van der Waals surface area (Å²) in [5, 5.41) is 7.89. The molecule has 0 atom stereocenters. The van der Waals surface area contributed by atoms with Gasteiger partial charge < -0.3 is 9.80 Å².